The van der Waals surface area contributed by atoms with Crippen LogP contribution in [0.4, 0.5) is 0 Å². The summed E-state index contributed by atoms with van der Waals surface area (Å²) in [5.74, 6) is 0. The van der Waals surface area contributed by atoms with E-state index < -0.39 is 0 Å². The smallest absolute Gasteiger partial charge is 0.0547 e. The molecule has 0 amide bonds. The molecule has 60 heavy (non-hydrogen) atoms. The van der Waals surface area contributed by atoms with Crippen LogP contribution in [-0.4, -0.2) is 9.13 Å². The number of fused-ring (bicyclic) bond motifs is 7. The molecular weight excluding hydrogens is 725 g/mol. The fraction of sp³-hybridized carbons (Fsp3) is 0. The van der Waals surface area contributed by atoms with Gasteiger partial charge in [0, 0.05) is 32.9 Å². The fourth-order valence-electron chi connectivity index (χ4n) is 9.42. The molecule has 12 aromatic rings. The van der Waals surface area contributed by atoms with Crippen LogP contribution in [0.15, 0.2) is 231 Å². The molecule has 2 heteroatoms. The minimum Gasteiger partial charge on any atom is -0.309 e. The molecule has 0 spiro atoms. The van der Waals surface area contributed by atoms with Gasteiger partial charge in [-0.25, -0.2) is 0 Å². The van der Waals surface area contributed by atoms with Crippen LogP contribution >= 0.6 is 0 Å². The molecule has 0 saturated heterocycles. The zero-order valence-electron chi connectivity index (χ0n) is 32.8. The molecule has 0 radical (unpaired) electrons. The quantitative estimate of drug-likeness (QED) is 0.160. The molecule has 0 aliphatic heterocycles. The second-order valence-electron chi connectivity index (χ2n) is 15.7. The molecule has 2 aromatic heterocycles. The third-order valence-electron chi connectivity index (χ3n) is 12.3. The van der Waals surface area contributed by atoms with Crippen LogP contribution < -0.4 is 0 Å². The zero-order valence-corrected chi connectivity index (χ0v) is 32.8. The van der Waals surface area contributed by atoms with Gasteiger partial charge in [-0.15, -0.1) is 0 Å². The summed E-state index contributed by atoms with van der Waals surface area (Å²) in [6, 6.07) is 84.2. The minimum absolute atomic E-state index is 1.15. The van der Waals surface area contributed by atoms with Crippen LogP contribution in [-0.2, 0) is 0 Å². The van der Waals surface area contributed by atoms with Crippen molar-refractivity contribution in [1.82, 2.24) is 9.13 Å². The maximum absolute atomic E-state index is 2.43. The number of rotatable bonds is 6. The van der Waals surface area contributed by atoms with E-state index in [2.05, 4.69) is 240 Å². The number of para-hydroxylation sites is 1. The lowest BCUT2D eigenvalue weighted by atomic mass is 9.97. The zero-order chi connectivity index (χ0) is 39.6. The number of nitrogens with zero attached hydrogens (tertiary/aromatic N) is 2. The summed E-state index contributed by atoms with van der Waals surface area (Å²) in [5.41, 5.74) is 16.8. The van der Waals surface area contributed by atoms with Crippen LogP contribution in [0.3, 0.4) is 0 Å². The summed E-state index contributed by atoms with van der Waals surface area (Å²) in [6.45, 7) is 0. The van der Waals surface area contributed by atoms with Crippen molar-refractivity contribution in [1.29, 1.82) is 0 Å². The summed E-state index contributed by atoms with van der Waals surface area (Å²) in [4.78, 5) is 0. The molecule has 0 aliphatic carbocycles. The summed E-state index contributed by atoms with van der Waals surface area (Å²) in [6.07, 6.45) is 0. The largest absolute Gasteiger partial charge is 0.309 e. The Morgan fingerprint density at radius 3 is 1.42 bits per heavy atom. The molecule has 0 aliphatic rings. The highest BCUT2D eigenvalue weighted by atomic mass is 15.0. The van der Waals surface area contributed by atoms with Gasteiger partial charge in [0.25, 0.3) is 0 Å². The molecule has 0 bridgehead atoms. The highest BCUT2D eigenvalue weighted by Gasteiger charge is 2.19. The Bertz CT molecular complexity index is 3550. The maximum Gasteiger partial charge on any atom is 0.0547 e. The molecular formula is C58H38N2. The highest BCUT2D eigenvalue weighted by Crippen LogP contribution is 2.42. The third kappa shape index (κ3) is 5.57. The molecule has 10 aromatic carbocycles. The van der Waals surface area contributed by atoms with Crippen molar-refractivity contribution in [3.05, 3.63) is 231 Å². The van der Waals surface area contributed by atoms with Crippen molar-refractivity contribution in [2.45, 2.75) is 0 Å². The number of hydrogen-bond acceptors (Lipinski definition) is 0. The van der Waals surface area contributed by atoms with Crippen molar-refractivity contribution in [3.63, 3.8) is 0 Å². The van der Waals surface area contributed by atoms with Crippen molar-refractivity contribution in [2.24, 2.45) is 0 Å². The van der Waals surface area contributed by atoms with E-state index in [0.29, 0.717) is 0 Å². The SMILES string of the molecule is c1ccc(-c2ccc(-n3c4ccc(-c5ccc6c(c5)c5ccccc5n6-c5ccc(-c6ccc7ccccc7c6)cc5)cc4c4c(-c5ccccc5)cccc43)cc2)cc1. The van der Waals surface area contributed by atoms with E-state index >= 15 is 0 Å². The van der Waals surface area contributed by atoms with Gasteiger partial charge >= 0.3 is 0 Å². The molecule has 0 saturated carbocycles. The summed E-state index contributed by atoms with van der Waals surface area (Å²) in [7, 11) is 0. The molecule has 2 nitrogen and oxygen atoms in total. The first kappa shape index (κ1) is 34.1. The second kappa shape index (κ2) is 13.9. The third-order valence-corrected chi connectivity index (χ3v) is 12.3. The molecule has 2 heterocycles. The first-order valence-corrected chi connectivity index (χ1v) is 20.7. The van der Waals surface area contributed by atoms with Gasteiger partial charge < -0.3 is 9.13 Å². The van der Waals surface area contributed by atoms with Gasteiger partial charge in [0.15, 0.2) is 0 Å². The predicted octanol–water partition coefficient (Wildman–Crippen LogP) is 15.7. The molecule has 0 fully saturated rings. The van der Waals surface area contributed by atoms with Crippen molar-refractivity contribution in [3.8, 4) is 55.9 Å². The average molecular weight is 763 g/mol. The Balaban J connectivity index is 0.992. The maximum atomic E-state index is 2.43. The molecule has 12 rings (SSSR count). The molecule has 280 valence electrons. The first-order chi connectivity index (χ1) is 29.7. The van der Waals surface area contributed by atoms with E-state index in [9.17, 15) is 0 Å². The summed E-state index contributed by atoms with van der Waals surface area (Å²) < 4.78 is 4.84. The van der Waals surface area contributed by atoms with E-state index in [0.717, 1.165) is 11.4 Å². The van der Waals surface area contributed by atoms with Crippen LogP contribution in [0.25, 0.3) is 110 Å². The summed E-state index contributed by atoms with van der Waals surface area (Å²) >= 11 is 0. The second-order valence-corrected chi connectivity index (χ2v) is 15.7. The van der Waals surface area contributed by atoms with Gasteiger partial charge in [-0.3, -0.25) is 0 Å². The molecule has 0 atom stereocenters. The van der Waals surface area contributed by atoms with Gasteiger partial charge in [0.2, 0.25) is 0 Å². The van der Waals surface area contributed by atoms with Gasteiger partial charge in [-0.05, 0) is 122 Å². The van der Waals surface area contributed by atoms with E-state index in [-0.39, 0.29) is 0 Å². The van der Waals surface area contributed by atoms with Crippen molar-refractivity contribution >= 4 is 54.4 Å². The van der Waals surface area contributed by atoms with Crippen LogP contribution in [0, 0.1) is 0 Å². The van der Waals surface area contributed by atoms with Crippen molar-refractivity contribution in [2.75, 3.05) is 0 Å². The fourth-order valence-corrected chi connectivity index (χ4v) is 9.42. The Morgan fingerprint density at radius 1 is 0.233 bits per heavy atom. The van der Waals surface area contributed by atoms with Crippen LogP contribution in [0.5, 0.6) is 0 Å². The average Bonchev–Trinajstić information content (AvgIpc) is 3.84. The lowest BCUT2D eigenvalue weighted by molar-refractivity contribution is 1.18. The van der Waals surface area contributed by atoms with Crippen LogP contribution in [0.1, 0.15) is 0 Å². The minimum atomic E-state index is 1.15. The topological polar surface area (TPSA) is 9.86 Å². The molecule has 0 N–H and O–H groups in total. The van der Waals surface area contributed by atoms with E-state index in [1.807, 2.05) is 0 Å². The van der Waals surface area contributed by atoms with E-state index in [4.69, 9.17) is 0 Å². The van der Waals surface area contributed by atoms with Gasteiger partial charge in [-0.1, -0.05) is 164 Å². The van der Waals surface area contributed by atoms with E-state index in [1.54, 1.807) is 0 Å². The lowest BCUT2D eigenvalue weighted by Gasteiger charge is -2.11. The van der Waals surface area contributed by atoms with Gasteiger partial charge in [0.05, 0.1) is 22.1 Å². The lowest BCUT2D eigenvalue weighted by Crippen LogP contribution is -1.94. The Kier molecular flexibility index (Phi) is 7.89. The Hall–Kier alpha value is -7.94. The predicted molar refractivity (Wildman–Crippen MR) is 254 cm³/mol. The Morgan fingerprint density at radius 2 is 0.700 bits per heavy atom. The molecule has 0 unspecified atom stereocenters. The van der Waals surface area contributed by atoms with E-state index in [1.165, 1.54) is 98.9 Å². The monoisotopic (exact) mass is 762 g/mol. The van der Waals surface area contributed by atoms with Gasteiger partial charge in [-0.2, -0.15) is 0 Å². The summed E-state index contributed by atoms with van der Waals surface area (Å²) in [5, 5.41) is 7.51. The number of benzene rings is 10. The van der Waals surface area contributed by atoms with Crippen LogP contribution in [0.2, 0.25) is 0 Å². The van der Waals surface area contributed by atoms with Crippen molar-refractivity contribution < 1.29 is 0 Å². The number of aromatic nitrogens is 2. The number of hydrogen-bond donors (Lipinski definition) is 0. The first-order valence-electron chi connectivity index (χ1n) is 20.7. The van der Waals surface area contributed by atoms with Gasteiger partial charge in [0.1, 0.15) is 0 Å². The Labute approximate surface area is 348 Å². The standard InChI is InChI=1S/C58H38N2/c1-3-12-39(13-4-1)41-24-30-49(31-25-41)60-56-35-29-47(38-53(56)58-50(19-11-21-57(58)60)43-15-5-2-6-16-43)46-28-34-55-52(37-46)51-18-9-10-20-54(51)59(55)48-32-26-42(27-33-48)45-23-22-40-14-7-8-17-44(40)36-45/h1-38H. The normalized spacial score (nSPS) is 11.7. The highest BCUT2D eigenvalue weighted by molar-refractivity contribution is 6.17.